The van der Waals surface area contributed by atoms with Gasteiger partial charge in [0.15, 0.2) is 11.5 Å². The van der Waals surface area contributed by atoms with Gasteiger partial charge in [0.05, 0.1) is 16.6 Å². The van der Waals surface area contributed by atoms with E-state index in [-0.39, 0.29) is 5.91 Å². The van der Waals surface area contributed by atoms with Crippen LogP contribution < -0.4 is 5.32 Å². The minimum absolute atomic E-state index is 0.149. The summed E-state index contributed by atoms with van der Waals surface area (Å²) in [4.78, 5) is 26.3. The zero-order chi connectivity index (χ0) is 20.0. The number of carbonyl (C=O) groups excluding carboxylic acids is 1. The van der Waals surface area contributed by atoms with E-state index >= 15 is 0 Å². The molecule has 0 saturated heterocycles. The van der Waals surface area contributed by atoms with Crippen LogP contribution in [-0.2, 0) is 13.6 Å². The van der Waals surface area contributed by atoms with Gasteiger partial charge in [-0.3, -0.25) is 9.48 Å². The van der Waals surface area contributed by atoms with Crippen molar-refractivity contribution in [1.82, 2.24) is 39.8 Å². The maximum Gasteiger partial charge on any atom is 0.252 e. The molecule has 9 nitrogen and oxygen atoms in total. The van der Waals surface area contributed by atoms with E-state index in [2.05, 4.69) is 25.5 Å². The normalized spacial score (nSPS) is 13.7. The second-order valence-corrected chi connectivity index (χ2v) is 7.29. The van der Waals surface area contributed by atoms with Crippen LogP contribution in [0.5, 0.6) is 0 Å². The highest BCUT2D eigenvalue weighted by Gasteiger charge is 2.28. The minimum Gasteiger partial charge on any atom is -0.348 e. The third-order valence-electron chi connectivity index (χ3n) is 5.17. The molecule has 4 aromatic rings. The molecule has 0 radical (unpaired) electrons. The number of carbonyl (C=O) groups is 1. The Bertz CT molecular complexity index is 1210. The van der Waals surface area contributed by atoms with Gasteiger partial charge >= 0.3 is 0 Å². The molecule has 0 spiro atoms. The van der Waals surface area contributed by atoms with E-state index in [4.69, 9.17) is 4.98 Å². The molecule has 29 heavy (non-hydrogen) atoms. The first-order valence-electron chi connectivity index (χ1n) is 9.53. The van der Waals surface area contributed by atoms with Gasteiger partial charge in [-0.15, -0.1) is 0 Å². The fourth-order valence-corrected chi connectivity index (χ4v) is 3.59. The molecule has 0 aromatic carbocycles. The van der Waals surface area contributed by atoms with Gasteiger partial charge in [0.2, 0.25) is 0 Å². The zero-order valence-corrected chi connectivity index (χ0v) is 16.2. The van der Waals surface area contributed by atoms with Gasteiger partial charge in [-0.1, -0.05) is 6.07 Å². The quantitative estimate of drug-likeness (QED) is 0.561. The van der Waals surface area contributed by atoms with E-state index in [0.717, 1.165) is 40.8 Å². The number of nitrogens with zero attached hydrogens (tertiary/aromatic N) is 7. The second kappa shape index (κ2) is 6.77. The van der Waals surface area contributed by atoms with Gasteiger partial charge in [0, 0.05) is 37.0 Å². The average Bonchev–Trinajstić information content (AvgIpc) is 3.36. The molecule has 4 heterocycles. The summed E-state index contributed by atoms with van der Waals surface area (Å²) in [5.41, 5.74) is 3.99. The van der Waals surface area contributed by atoms with Crippen LogP contribution in [0, 0.1) is 6.92 Å². The first-order valence-corrected chi connectivity index (χ1v) is 9.53. The SMILES string of the molecule is Cc1nn(C)c2nc(C3CC3)cc(C(=O)NCc3cccnc3-n3cncn3)c12. The van der Waals surface area contributed by atoms with Crippen molar-refractivity contribution in [2.75, 3.05) is 0 Å². The van der Waals surface area contributed by atoms with Crippen molar-refractivity contribution in [2.24, 2.45) is 7.05 Å². The van der Waals surface area contributed by atoms with Crippen molar-refractivity contribution < 1.29 is 4.79 Å². The first kappa shape index (κ1) is 17.5. The predicted octanol–water partition coefficient (Wildman–Crippen LogP) is 2.06. The third kappa shape index (κ3) is 3.14. The van der Waals surface area contributed by atoms with Crippen molar-refractivity contribution in [3.63, 3.8) is 0 Å². The molecule has 1 aliphatic rings. The summed E-state index contributed by atoms with van der Waals surface area (Å²) in [5.74, 6) is 0.934. The second-order valence-electron chi connectivity index (χ2n) is 7.29. The number of rotatable bonds is 5. The summed E-state index contributed by atoms with van der Waals surface area (Å²) >= 11 is 0. The summed E-state index contributed by atoms with van der Waals surface area (Å²) < 4.78 is 3.33. The Morgan fingerprint density at radius 1 is 1.34 bits per heavy atom. The Hall–Kier alpha value is -3.62. The molecular formula is C20H20N8O. The average molecular weight is 388 g/mol. The number of amides is 1. The van der Waals surface area contributed by atoms with E-state index in [9.17, 15) is 4.79 Å². The number of pyridine rings is 2. The van der Waals surface area contributed by atoms with Crippen molar-refractivity contribution >= 4 is 16.9 Å². The molecule has 1 saturated carbocycles. The fraction of sp³-hybridized carbons (Fsp3) is 0.300. The Labute approximate surface area is 166 Å². The lowest BCUT2D eigenvalue weighted by Crippen LogP contribution is -2.24. The number of aryl methyl sites for hydroxylation is 2. The Morgan fingerprint density at radius 2 is 2.21 bits per heavy atom. The molecule has 0 aliphatic heterocycles. The van der Waals surface area contributed by atoms with Crippen LogP contribution >= 0.6 is 0 Å². The molecule has 0 bridgehead atoms. The third-order valence-corrected chi connectivity index (χ3v) is 5.17. The molecule has 1 fully saturated rings. The summed E-state index contributed by atoms with van der Waals surface area (Å²) in [6, 6.07) is 5.67. The molecule has 1 aliphatic carbocycles. The van der Waals surface area contributed by atoms with Gasteiger partial charge in [-0.05, 0) is 31.9 Å². The van der Waals surface area contributed by atoms with Gasteiger partial charge in [-0.25, -0.2) is 19.6 Å². The fourth-order valence-electron chi connectivity index (χ4n) is 3.59. The van der Waals surface area contributed by atoms with Crippen LogP contribution in [0.25, 0.3) is 16.9 Å². The van der Waals surface area contributed by atoms with Crippen LogP contribution in [0.1, 0.15) is 46.1 Å². The number of aromatic nitrogens is 7. The Kier molecular flexibility index (Phi) is 4.08. The molecule has 1 amide bonds. The smallest absolute Gasteiger partial charge is 0.252 e. The molecule has 4 aromatic heterocycles. The number of hydrogen-bond donors (Lipinski definition) is 1. The monoisotopic (exact) mass is 388 g/mol. The van der Waals surface area contributed by atoms with Crippen LogP contribution in [0.3, 0.4) is 0 Å². The Balaban J connectivity index is 1.47. The van der Waals surface area contributed by atoms with Crippen LogP contribution in [0.15, 0.2) is 37.1 Å². The number of hydrogen-bond acceptors (Lipinski definition) is 6. The lowest BCUT2D eigenvalue weighted by atomic mass is 10.1. The highest BCUT2D eigenvalue weighted by Crippen LogP contribution is 2.40. The van der Waals surface area contributed by atoms with Crippen molar-refractivity contribution in [3.8, 4) is 5.82 Å². The summed E-state index contributed by atoms with van der Waals surface area (Å²) in [6.45, 7) is 2.23. The number of fused-ring (bicyclic) bond motifs is 1. The maximum atomic E-state index is 13.2. The van der Waals surface area contributed by atoms with Crippen LogP contribution in [-0.4, -0.2) is 40.4 Å². The maximum absolute atomic E-state index is 13.2. The van der Waals surface area contributed by atoms with Gasteiger partial charge < -0.3 is 5.32 Å². The molecule has 0 atom stereocenters. The van der Waals surface area contributed by atoms with E-state index in [0.29, 0.717) is 23.8 Å². The number of nitrogens with one attached hydrogen (secondary N) is 1. The topological polar surface area (TPSA) is 103 Å². The van der Waals surface area contributed by atoms with Crippen LogP contribution in [0.2, 0.25) is 0 Å². The van der Waals surface area contributed by atoms with Gasteiger partial charge in [0.25, 0.3) is 5.91 Å². The summed E-state index contributed by atoms with van der Waals surface area (Å²) in [6.07, 6.45) is 6.96. The predicted molar refractivity (Wildman–Crippen MR) is 106 cm³/mol. The van der Waals surface area contributed by atoms with Gasteiger partial charge in [0.1, 0.15) is 12.7 Å². The first-order chi connectivity index (χ1) is 14.1. The van der Waals surface area contributed by atoms with Crippen molar-refractivity contribution in [2.45, 2.75) is 32.2 Å². The highest BCUT2D eigenvalue weighted by atomic mass is 16.1. The lowest BCUT2D eigenvalue weighted by Gasteiger charge is -2.11. The van der Waals surface area contributed by atoms with E-state index < -0.39 is 0 Å². The zero-order valence-electron chi connectivity index (χ0n) is 16.2. The highest BCUT2D eigenvalue weighted by molar-refractivity contribution is 6.06. The van der Waals surface area contributed by atoms with E-state index in [1.54, 1.807) is 21.9 Å². The standard InChI is InChI=1S/C20H20N8O/c1-12-17-15(8-16(13-5-6-13)25-19(17)27(2)26-12)20(29)23-9-14-4-3-7-22-18(14)28-11-21-10-24-28/h3-4,7-8,10-11,13H,5-6,9H2,1-2H3,(H,23,29). The van der Waals surface area contributed by atoms with Crippen molar-refractivity contribution in [3.05, 3.63) is 59.6 Å². The molecule has 9 heteroatoms. The largest absolute Gasteiger partial charge is 0.348 e. The van der Waals surface area contributed by atoms with Gasteiger partial charge in [-0.2, -0.15) is 10.2 Å². The summed E-state index contributed by atoms with van der Waals surface area (Å²) in [5, 5.41) is 12.4. The van der Waals surface area contributed by atoms with Crippen LogP contribution in [0.4, 0.5) is 0 Å². The molecule has 0 unspecified atom stereocenters. The van der Waals surface area contributed by atoms with Crippen molar-refractivity contribution in [1.29, 1.82) is 0 Å². The molecule has 5 rings (SSSR count). The summed E-state index contributed by atoms with van der Waals surface area (Å²) in [7, 11) is 1.86. The molecular weight excluding hydrogens is 368 g/mol. The van der Waals surface area contributed by atoms with E-state index in [1.807, 2.05) is 32.2 Å². The minimum atomic E-state index is -0.149. The lowest BCUT2D eigenvalue weighted by molar-refractivity contribution is 0.0952. The molecule has 146 valence electrons. The Morgan fingerprint density at radius 3 is 2.97 bits per heavy atom. The van der Waals surface area contributed by atoms with E-state index in [1.165, 1.54) is 6.33 Å². The molecule has 1 N–H and O–H groups in total.